The van der Waals surface area contributed by atoms with E-state index in [-0.39, 0.29) is 0 Å². The summed E-state index contributed by atoms with van der Waals surface area (Å²) < 4.78 is 6.26. The average Bonchev–Trinajstić information content (AvgIpc) is 3.01. The van der Waals surface area contributed by atoms with Crippen LogP contribution in [0.5, 0.6) is 0 Å². The summed E-state index contributed by atoms with van der Waals surface area (Å²) in [6.07, 6.45) is 1.06. The lowest BCUT2D eigenvalue weighted by atomic mass is 10.1. The Hall–Kier alpha value is -2.74. The van der Waals surface area contributed by atoms with Crippen molar-refractivity contribution in [3.8, 4) is 0 Å². The Morgan fingerprint density at radius 1 is 0.833 bits per heavy atom. The van der Waals surface area contributed by atoms with E-state index in [1.54, 1.807) is 0 Å². The summed E-state index contributed by atoms with van der Waals surface area (Å²) in [4.78, 5) is 2.19. The normalized spacial score (nSPS) is 11.3. The molecule has 1 heterocycles. The number of hydrogen-bond donors (Lipinski definition) is 0. The summed E-state index contributed by atoms with van der Waals surface area (Å²) in [5, 5.41) is 2.35. The van der Waals surface area contributed by atoms with Crippen molar-refractivity contribution in [3.05, 3.63) is 71.8 Å². The van der Waals surface area contributed by atoms with E-state index >= 15 is 0 Å². The first-order valence-electron chi connectivity index (χ1n) is 8.42. The molecule has 0 aliphatic heterocycles. The monoisotopic (exact) mass is 315 g/mol. The molecule has 4 aromatic rings. The van der Waals surface area contributed by atoms with E-state index in [9.17, 15) is 0 Å². The third-order valence-electron chi connectivity index (χ3n) is 4.79. The summed E-state index contributed by atoms with van der Waals surface area (Å²) >= 11 is 0. The molecule has 0 radical (unpaired) electrons. The predicted molar refractivity (Wildman–Crippen MR) is 102 cm³/mol. The van der Waals surface area contributed by atoms with Crippen LogP contribution < -0.4 is 4.90 Å². The van der Waals surface area contributed by atoms with Gasteiger partial charge in [-0.05, 0) is 42.7 Å². The standard InChI is InChI=1S/C22H21NO/c1-4-16-11-13-17(14-12-16)23(3)20-10-6-9-19-18-8-5-7-15(2)21(18)24-22(19)20/h5-14H,4H2,1-3H3. The molecule has 2 nitrogen and oxygen atoms in total. The van der Waals surface area contributed by atoms with Gasteiger partial charge < -0.3 is 9.32 Å². The molecule has 0 N–H and O–H groups in total. The van der Waals surface area contributed by atoms with Crippen LogP contribution in [0, 0.1) is 6.92 Å². The lowest BCUT2D eigenvalue weighted by Gasteiger charge is -2.20. The first-order chi connectivity index (χ1) is 11.7. The average molecular weight is 315 g/mol. The van der Waals surface area contributed by atoms with Crippen molar-refractivity contribution in [3.63, 3.8) is 0 Å². The summed E-state index contributed by atoms with van der Waals surface area (Å²) in [6, 6.07) is 21.4. The molecule has 0 aliphatic rings. The van der Waals surface area contributed by atoms with Crippen molar-refractivity contribution in [2.75, 3.05) is 11.9 Å². The van der Waals surface area contributed by atoms with E-state index in [4.69, 9.17) is 4.42 Å². The number of furan rings is 1. The number of para-hydroxylation sites is 2. The maximum absolute atomic E-state index is 6.26. The number of benzene rings is 3. The highest BCUT2D eigenvalue weighted by molar-refractivity contribution is 6.10. The zero-order valence-corrected chi connectivity index (χ0v) is 14.3. The molecule has 0 bridgehead atoms. The Labute approximate surface area is 142 Å². The number of rotatable bonds is 3. The van der Waals surface area contributed by atoms with Crippen LogP contribution in [0.15, 0.2) is 65.1 Å². The number of aryl methyl sites for hydroxylation is 2. The fourth-order valence-corrected chi connectivity index (χ4v) is 3.30. The van der Waals surface area contributed by atoms with E-state index in [0.29, 0.717) is 0 Å². The minimum absolute atomic E-state index is 0.948. The van der Waals surface area contributed by atoms with Gasteiger partial charge >= 0.3 is 0 Å². The topological polar surface area (TPSA) is 16.4 Å². The van der Waals surface area contributed by atoms with Crippen LogP contribution in [0.2, 0.25) is 0 Å². The van der Waals surface area contributed by atoms with Crippen molar-refractivity contribution in [2.24, 2.45) is 0 Å². The summed E-state index contributed by atoms with van der Waals surface area (Å²) in [5.41, 5.74) is 6.71. The van der Waals surface area contributed by atoms with Crippen LogP contribution in [0.4, 0.5) is 11.4 Å². The van der Waals surface area contributed by atoms with Gasteiger partial charge in [0, 0.05) is 23.5 Å². The molecule has 0 amide bonds. The lowest BCUT2D eigenvalue weighted by Crippen LogP contribution is -2.09. The summed E-state index contributed by atoms with van der Waals surface area (Å²) in [6.45, 7) is 4.27. The number of fused-ring (bicyclic) bond motifs is 3. The molecule has 3 aromatic carbocycles. The van der Waals surface area contributed by atoms with Crippen LogP contribution in [0.1, 0.15) is 18.1 Å². The van der Waals surface area contributed by atoms with Crippen molar-refractivity contribution in [1.29, 1.82) is 0 Å². The van der Waals surface area contributed by atoms with E-state index in [1.807, 2.05) is 0 Å². The maximum atomic E-state index is 6.26. The van der Waals surface area contributed by atoms with Gasteiger partial charge in [-0.2, -0.15) is 0 Å². The Balaban J connectivity index is 1.89. The van der Waals surface area contributed by atoms with Crippen LogP contribution in [0.25, 0.3) is 21.9 Å². The molecule has 0 fully saturated rings. The highest BCUT2D eigenvalue weighted by Crippen LogP contribution is 2.38. The maximum Gasteiger partial charge on any atom is 0.159 e. The summed E-state index contributed by atoms with van der Waals surface area (Å²) in [7, 11) is 2.09. The van der Waals surface area contributed by atoms with Gasteiger partial charge in [-0.3, -0.25) is 0 Å². The van der Waals surface area contributed by atoms with Gasteiger partial charge in [0.2, 0.25) is 0 Å². The van der Waals surface area contributed by atoms with Crippen LogP contribution in [-0.2, 0) is 6.42 Å². The Bertz CT molecular complexity index is 1010. The van der Waals surface area contributed by atoms with E-state index in [0.717, 1.165) is 29.0 Å². The largest absolute Gasteiger partial charge is 0.454 e. The van der Waals surface area contributed by atoms with Crippen molar-refractivity contribution < 1.29 is 4.42 Å². The second kappa shape index (κ2) is 5.72. The smallest absolute Gasteiger partial charge is 0.159 e. The van der Waals surface area contributed by atoms with Crippen LogP contribution >= 0.6 is 0 Å². The molecular formula is C22H21NO. The first kappa shape index (κ1) is 14.8. The molecule has 24 heavy (non-hydrogen) atoms. The summed E-state index contributed by atoms with van der Waals surface area (Å²) in [5.74, 6) is 0. The molecule has 0 unspecified atom stereocenters. The highest BCUT2D eigenvalue weighted by atomic mass is 16.3. The lowest BCUT2D eigenvalue weighted by molar-refractivity contribution is 0.665. The fourth-order valence-electron chi connectivity index (χ4n) is 3.30. The minimum Gasteiger partial charge on any atom is -0.454 e. The van der Waals surface area contributed by atoms with Gasteiger partial charge in [-0.25, -0.2) is 0 Å². The molecule has 0 aliphatic carbocycles. The number of hydrogen-bond acceptors (Lipinski definition) is 2. The number of anilines is 2. The molecule has 120 valence electrons. The SMILES string of the molecule is CCc1ccc(N(C)c2cccc3c2oc2c(C)cccc23)cc1. The highest BCUT2D eigenvalue weighted by Gasteiger charge is 2.15. The molecular weight excluding hydrogens is 294 g/mol. The van der Waals surface area contributed by atoms with Gasteiger partial charge in [0.05, 0.1) is 5.69 Å². The zero-order chi connectivity index (χ0) is 16.7. The van der Waals surface area contributed by atoms with E-state index in [1.165, 1.54) is 21.9 Å². The molecule has 2 heteroatoms. The minimum atomic E-state index is 0.948. The second-order valence-corrected chi connectivity index (χ2v) is 6.29. The Morgan fingerprint density at radius 3 is 2.21 bits per heavy atom. The van der Waals surface area contributed by atoms with E-state index in [2.05, 4.69) is 86.5 Å². The van der Waals surface area contributed by atoms with Gasteiger partial charge in [0.25, 0.3) is 0 Å². The number of nitrogens with zero attached hydrogens (tertiary/aromatic N) is 1. The zero-order valence-electron chi connectivity index (χ0n) is 14.3. The Morgan fingerprint density at radius 2 is 1.50 bits per heavy atom. The van der Waals surface area contributed by atoms with Crippen molar-refractivity contribution >= 4 is 33.3 Å². The third-order valence-corrected chi connectivity index (χ3v) is 4.79. The van der Waals surface area contributed by atoms with Gasteiger partial charge in [0.15, 0.2) is 5.58 Å². The van der Waals surface area contributed by atoms with Crippen LogP contribution in [-0.4, -0.2) is 7.05 Å². The van der Waals surface area contributed by atoms with Crippen LogP contribution in [0.3, 0.4) is 0 Å². The predicted octanol–water partition coefficient (Wildman–Crippen LogP) is 6.22. The van der Waals surface area contributed by atoms with Gasteiger partial charge in [0.1, 0.15) is 5.58 Å². The van der Waals surface area contributed by atoms with Crippen molar-refractivity contribution in [2.45, 2.75) is 20.3 Å². The van der Waals surface area contributed by atoms with Crippen molar-refractivity contribution in [1.82, 2.24) is 0 Å². The molecule has 0 atom stereocenters. The molecule has 0 spiro atoms. The van der Waals surface area contributed by atoms with Gasteiger partial charge in [-0.1, -0.05) is 49.4 Å². The van der Waals surface area contributed by atoms with Gasteiger partial charge in [-0.15, -0.1) is 0 Å². The second-order valence-electron chi connectivity index (χ2n) is 6.29. The third kappa shape index (κ3) is 2.26. The molecule has 1 aromatic heterocycles. The first-order valence-corrected chi connectivity index (χ1v) is 8.42. The quantitative estimate of drug-likeness (QED) is 0.446. The van der Waals surface area contributed by atoms with E-state index < -0.39 is 0 Å². The molecule has 0 saturated carbocycles. The molecule has 4 rings (SSSR count). The Kier molecular flexibility index (Phi) is 3.53. The fraction of sp³-hybridized carbons (Fsp3) is 0.182. The molecule has 0 saturated heterocycles.